The van der Waals surface area contributed by atoms with E-state index in [4.69, 9.17) is 4.74 Å². The maximum Gasteiger partial charge on any atom is 0.129 e. The second-order valence-corrected chi connectivity index (χ2v) is 10.1. The van der Waals surface area contributed by atoms with Gasteiger partial charge in [0.05, 0.1) is 6.61 Å². The number of ether oxygens (including phenoxy) is 1. The molecule has 4 rings (SSSR count). The van der Waals surface area contributed by atoms with Gasteiger partial charge in [0.2, 0.25) is 0 Å². The van der Waals surface area contributed by atoms with Crippen LogP contribution in [0.3, 0.4) is 0 Å². The number of alkyl halides is 3. The van der Waals surface area contributed by atoms with Crippen LogP contribution in [-0.2, 0) is 0 Å². The summed E-state index contributed by atoms with van der Waals surface area (Å²) in [5.41, 5.74) is -4.72. The van der Waals surface area contributed by atoms with E-state index in [0.29, 0.717) is 17.2 Å². The Hall–Kier alpha value is -1.26. The third-order valence-electron chi connectivity index (χ3n) is 6.38. The molecule has 0 heterocycles. The summed E-state index contributed by atoms with van der Waals surface area (Å²) in [7, 11) is 0. The van der Waals surface area contributed by atoms with Crippen LogP contribution in [-0.4, -0.2) is 23.6 Å². The lowest BCUT2D eigenvalue weighted by Crippen LogP contribution is -2.58. The first-order valence-electron chi connectivity index (χ1n) is 9.90. The molecule has 2 atom stereocenters. The van der Waals surface area contributed by atoms with Crippen LogP contribution in [0.4, 0.5) is 17.6 Å². The first-order chi connectivity index (χ1) is 12.4. The molecule has 5 heteroatoms. The van der Waals surface area contributed by atoms with E-state index in [0.717, 1.165) is 18.4 Å². The van der Waals surface area contributed by atoms with Gasteiger partial charge in [-0.25, -0.2) is 17.6 Å². The Morgan fingerprint density at radius 1 is 0.963 bits per heavy atom. The molecule has 1 aromatic rings. The number of fused-ring (bicyclic) bond motifs is 2. The minimum atomic E-state index is -1.86. The van der Waals surface area contributed by atoms with Crippen LogP contribution < -0.4 is 4.74 Å². The zero-order chi connectivity index (χ0) is 19.7. The molecule has 0 saturated heterocycles. The van der Waals surface area contributed by atoms with Crippen molar-refractivity contribution in [3.05, 3.63) is 29.1 Å². The van der Waals surface area contributed by atoms with Gasteiger partial charge in [-0.05, 0) is 62.6 Å². The Kier molecular flexibility index (Phi) is 4.15. The first-order valence-corrected chi connectivity index (χ1v) is 9.90. The summed E-state index contributed by atoms with van der Waals surface area (Å²) in [6.07, 6.45) is 1.46. The molecule has 2 unspecified atom stereocenters. The Morgan fingerprint density at radius 3 is 2.11 bits per heavy atom. The third kappa shape index (κ3) is 3.84. The largest absolute Gasteiger partial charge is 0.493 e. The van der Waals surface area contributed by atoms with E-state index in [9.17, 15) is 8.78 Å². The molecule has 150 valence electrons. The molecule has 0 N–H and O–H groups in total. The van der Waals surface area contributed by atoms with E-state index in [-0.39, 0.29) is 44.5 Å². The monoisotopic (exact) mass is 384 g/mol. The van der Waals surface area contributed by atoms with Crippen molar-refractivity contribution < 1.29 is 22.3 Å². The molecule has 27 heavy (non-hydrogen) atoms. The molecular weight excluding hydrogens is 356 g/mol. The van der Waals surface area contributed by atoms with Gasteiger partial charge in [0.25, 0.3) is 0 Å². The minimum Gasteiger partial charge on any atom is -0.493 e. The fourth-order valence-corrected chi connectivity index (χ4v) is 5.80. The molecule has 0 aliphatic heterocycles. The summed E-state index contributed by atoms with van der Waals surface area (Å²) < 4.78 is 65.1. The Balaban J connectivity index is 1.55. The molecule has 3 aliphatic rings. The summed E-state index contributed by atoms with van der Waals surface area (Å²) in [5.74, 6) is 0.524. The summed E-state index contributed by atoms with van der Waals surface area (Å²) in [6.45, 7) is 4.93. The Labute approximate surface area is 158 Å². The highest BCUT2D eigenvalue weighted by Crippen LogP contribution is 2.59. The molecule has 1 aromatic carbocycles. The number of rotatable bonds is 4. The second-order valence-electron chi connectivity index (χ2n) is 10.1. The maximum atomic E-state index is 15.3. The van der Waals surface area contributed by atoms with Crippen LogP contribution in [0, 0.1) is 18.2 Å². The predicted octanol–water partition coefficient (Wildman–Crippen LogP) is 6.52. The number of aryl methyl sites for hydroxylation is 1. The number of hydrogen-bond donors (Lipinski definition) is 0. The van der Waals surface area contributed by atoms with Crippen molar-refractivity contribution in [2.45, 2.75) is 88.6 Å². The Morgan fingerprint density at radius 2 is 1.56 bits per heavy atom. The maximum absolute atomic E-state index is 15.3. The zero-order valence-electron chi connectivity index (χ0n) is 16.3. The van der Waals surface area contributed by atoms with Crippen LogP contribution in [0.15, 0.2) is 12.1 Å². The average Bonchev–Trinajstić information content (AvgIpc) is 3.27. The normalized spacial score (nSPS) is 41.4. The van der Waals surface area contributed by atoms with E-state index >= 15 is 8.78 Å². The molecule has 2 bridgehead atoms. The Bertz CT molecular complexity index is 727. The highest BCUT2D eigenvalue weighted by molar-refractivity contribution is 5.42. The lowest BCUT2D eigenvalue weighted by Gasteiger charge is -2.54. The molecule has 3 saturated carbocycles. The zero-order valence-corrected chi connectivity index (χ0v) is 16.3. The van der Waals surface area contributed by atoms with Crippen molar-refractivity contribution in [3.63, 3.8) is 0 Å². The van der Waals surface area contributed by atoms with Gasteiger partial charge in [-0.15, -0.1) is 0 Å². The highest BCUT2D eigenvalue weighted by atomic mass is 19.2. The van der Waals surface area contributed by atoms with Crippen molar-refractivity contribution in [1.82, 2.24) is 0 Å². The molecule has 1 nitrogen and oxygen atoms in total. The molecule has 0 radical (unpaired) electrons. The van der Waals surface area contributed by atoms with Gasteiger partial charge in [0, 0.05) is 30.7 Å². The number of hydrogen-bond acceptors (Lipinski definition) is 1. The molecular formula is C22H28F4O. The third-order valence-corrected chi connectivity index (χ3v) is 6.38. The topological polar surface area (TPSA) is 9.23 Å². The minimum absolute atomic E-state index is 0.0677. The quantitative estimate of drug-likeness (QED) is 0.537. The summed E-state index contributed by atoms with van der Waals surface area (Å²) >= 11 is 0. The average molecular weight is 384 g/mol. The number of benzene rings is 1. The second kappa shape index (κ2) is 5.87. The van der Waals surface area contributed by atoms with Crippen LogP contribution in [0.1, 0.15) is 75.8 Å². The molecule has 0 amide bonds. The predicted molar refractivity (Wildman–Crippen MR) is 97.0 cm³/mol. The standard InChI is InChI=1S/C22H28F4O/c1-14-6-16(15-4-5-15)18(7-17(14)23)27-13-19(2)8-21(25)10-20(3,24)11-22(26,9-19)12-21/h6-7,15H,4-5,8-13H2,1-3H3. The van der Waals surface area contributed by atoms with Crippen molar-refractivity contribution in [1.29, 1.82) is 0 Å². The molecule has 3 aliphatic carbocycles. The van der Waals surface area contributed by atoms with E-state index in [2.05, 4.69) is 0 Å². The first kappa shape index (κ1) is 19.1. The van der Waals surface area contributed by atoms with Gasteiger partial charge in [-0.3, -0.25) is 0 Å². The van der Waals surface area contributed by atoms with Crippen molar-refractivity contribution in [2.24, 2.45) is 5.41 Å². The molecule has 3 fully saturated rings. The summed E-state index contributed by atoms with van der Waals surface area (Å²) in [5, 5.41) is 0. The van der Waals surface area contributed by atoms with Gasteiger partial charge in [0.1, 0.15) is 28.6 Å². The van der Waals surface area contributed by atoms with Crippen LogP contribution in [0.5, 0.6) is 5.75 Å². The smallest absolute Gasteiger partial charge is 0.129 e. The van der Waals surface area contributed by atoms with Crippen LogP contribution in [0.25, 0.3) is 0 Å². The van der Waals surface area contributed by atoms with Crippen molar-refractivity contribution in [2.75, 3.05) is 6.61 Å². The molecule has 0 aromatic heterocycles. The fourth-order valence-electron chi connectivity index (χ4n) is 5.80. The van der Waals surface area contributed by atoms with Gasteiger partial charge < -0.3 is 4.74 Å². The fraction of sp³-hybridized carbons (Fsp3) is 0.727. The van der Waals surface area contributed by atoms with Crippen molar-refractivity contribution >= 4 is 0 Å². The van der Waals surface area contributed by atoms with Crippen LogP contribution >= 0.6 is 0 Å². The van der Waals surface area contributed by atoms with Gasteiger partial charge in [-0.1, -0.05) is 6.92 Å². The molecule has 0 spiro atoms. The van der Waals surface area contributed by atoms with Gasteiger partial charge >= 0.3 is 0 Å². The lowest BCUT2D eigenvalue weighted by molar-refractivity contribution is -0.153. The van der Waals surface area contributed by atoms with E-state index in [1.807, 2.05) is 6.07 Å². The van der Waals surface area contributed by atoms with E-state index < -0.39 is 22.4 Å². The van der Waals surface area contributed by atoms with Gasteiger partial charge in [0.15, 0.2) is 0 Å². The van der Waals surface area contributed by atoms with E-state index in [1.54, 1.807) is 13.8 Å². The highest BCUT2D eigenvalue weighted by Gasteiger charge is 2.62. The van der Waals surface area contributed by atoms with E-state index in [1.165, 1.54) is 13.0 Å². The number of halogens is 4. The SMILES string of the molecule is Cc1cc(C2CC2)c(OCC2(C)CC3(F)CC(C)(F)CC(F)(C2)C3)cc1F. The summed E-state index contributed by atoms with van der Waals surface area (Å²) in [6, 6.07) is 3.22. The van der Waals surface area contributed by atoms with Crippen LogP contribution in [0.2, 0.25) is 0 Å². The lowest BCUT2D eigenvalue weighted by atomic mass is 9.56. The van der Waals surface area contributed by atoms with Gasteiger partial charge in [-0.2, -0.15) is 0 Å². The van der Waals surface area contributed by atoms with Crippen molar-refractivity contribution in [3.8, 4) is 5.75 Å². The summed E-state index contributed by atoms with van der Waals surface area (Å²) in [4.78, 5) is 0.